The topological polar surface area (TPSA) is 44.8 Å². The number of benzene rings is 2. The third-order valence-electron chi connectivity index (χ3n) is 4.42. The predicted octanol–water partition coefficient (Wildman–Crippen LogP) is 3.23. The minimum absolute atomic E-state index is 0.139. The van der Waals surface area contributed by atoms with E-state index in [0.29, 0.717) is 6.54 Å². The average molecular weight is 353 g/mol. The number of para-hydroxylation sites is 1. The van der Waals surface area contributed by atoms with E-state index < -0.39 is 0 Å². The number of hydrogen-bond acceptors (Lipinski definition) is 4. The first-order chi connectivity index (χ1) is 12.6. The number of carbonyl (C=O) groups excluding carboxylic acids is 1. The highest BCUT2D eigenvalue weighted by Gasteiger charge is 2.20. The molecule has 26 heavy (non-hydrogen) atoms. The fourth-order valence-electron chi connectivity index (χ4n) is 3.07. The highest BCUT2D eigenvalue weighted by atomic mass is 16.5. The van der Waals surface area contributed by atoms with Crippen LogP contribution >= 0.6 is 0 Å². The normalized spacial score (nSPS) is 14.4. The van der Waals surface area contributed by atoms with Gasteiger partial charge in [-0.25, -0.2) is 0 Å². The van der Waals surface area contributed by atoms with Gasteiger partial charge in [0, 0.05) is 37.6 Å². The van der Waals surface area contributed by atoms with Crippen molar-refractivity contribution in [2.24, 2.45) is 0 Å². The molecule has 1 saturated heterocycles. The second kappa shape index (κ2) is 8.61. The minimum Gasteiger partial charge on any atom is -0.491 e. The van der Waals surface area contributed by atoms with Crippen LogP contribution in [0.3, 0.4) is 0 Å². The van der Waals surface area contributed by atoms with Crippen LogP contribution < -0.4 is 15.0 Å². The first-order valence-corrected chi connectivity index (χ1v) is 9.20. The molecule has 5 heteroatoms. The maximum atomic E-state index is 12.4. The van der Waals surface area contributed by atoms with Crippen LogP contribution in [0.2, 0.25) is 0 Å². The van der Waals surface area contributed by atoms with Crippen LogP contribution in [0, 0.1) is 0 Å². The quantitative estimate of drug-likeness (QED) is 0.866. The third-order valence-corrected chi connectivity index (χ3v) is 4.42. The zero-order chi connectivity index (χ0) is 18.4. The van der Waals surface area contributed by atoms with Gasteiger partial charge >= 0.3 is 0 Å². The largest absolute Gasteiger partial charge is 0.491 e. The van der Waals surface area contributed by atoms with Crippen LogP contribution in [-0.4, -0.2) is 49.6 Å². The first kappa shape index (κ1) is 18.1. The smallest absolute Gasteiger partial charge is 0.241 e. The van der Waals surface area contributed by atoms with Crippen molar-refractivity contribution in [3.8, 4) is 5.75 Å². The highest BCUT2D eigenvalue weighted by Crippen LogP contribution is 2.18. The van der Waals surface area contributed by atoms with Gasteiger partial charge in [0.25, 0.3) is 0 Å². The molecule has 1 heterocycles. The highest BCUT2D eigenvalue weighted by molar-refractivity contribution is 5.81. The van der Waals surface area contributed by atoms with Gasteiger partial charge in [-0.1, -0.05) is 18.2 Å². The molecule has 0 bridgehead atoms. The summed E-state index contributed by atoms with van der Waals surface area (Å²) in [6.07, 6.45) is 0.157. The fraction of sp³-hybridized carbons (Fsp3) is 0.381. The molecule has 0 aromatic heterocycles. The van der Waals surface area contributed by atoms with Gasteiger partial charge in [-0.2, -0.15) is 0 Å². The maximum absolute atomic E-state index is 12.4. The summed E-state index contributed by atoms with van der Waals surface area (Å²) in [7, 11) is 0. The van der Waals surface area contributed by atoms with E-state index in [9.17, 15) is 4.79 Å². The molecule has 1 N–H and O–H groups in total. The predicted molar refractivity (Wildman–Crippen MR) is 106 cm³/mol. The van der Waals surface area contributed by atoms with Gasteiger partial charge < -0.3 is 19.9 Å². The van der Waals surface area contributed by atoms with Gasteiger partial charge in [0.15, 0.2) is 0 Å². The Morgan fingerprint density at radius 1 is 1.00 bits per heavy atom. The third kappa shape index (κ3) is 4.91. The summed E-state index contributed by atoms with van der Waals surface area (Å²) in [4.78, 5) is 16.7. The Hall–Kier alpha value is -2.69. The van der Waals surface area contributed by atoms with Crippen LogP contribution in [0.4, 0.5) is 11.4 Å². The van der Waals surface area contributed by atoms with E-state index in [4.69, 9.17) is 4.74 Å². The first-order valence-electron chi connectivity index (χ1n) is 9.20. The molecule has 0 spiro atoms. The summed E-state index contributed by atoms with van der Waals surface area (Å²) in [6, 6.07) is 18.1. The van der Waals surface area contributed by atoms with E-state index >= 15 is 0 Å². The molecule has 1 aliphatic heterocycles. The standard InChI is InChI=1S/C21H27N3O2/c1-17(2)26-20-10-8-18(9-11-20)22-16-21(25)24-14-12-23(13-15-24)19-6-4-3-5-7-19/h3-11,17,22H,12-16H2,1-2H3. The lowest BCUT2D eigenvalue weighted by Crippen LogP contribution is -2.50. The molecule has 1 aliphatic rings. The van der Waals surface area contributed by atoms with Crippen molar-refractivity contribution in [3.05, 3.63) is 54.6 Å². The second-order valence-electron chi connectivity index (χ2n) is 6.75. The monoisotopic (exact) mass is 353 g/mol. The molecule has 5 nitrogen and oxygen atoms in total. The lowest BCUT2D eigenvalue weighted by atomic mass is 10.2. The second-order valence-corrected chi connectivity index (χ2v) is 6.75. The molecule has 3 rings (SSSR count). The molecule has 0 aliphatic carbocycles. The van der Waals surface area contributed by atoms with Crippen LogP contribution in [0.25, 0.3) is 0 Å². The lowest BCUT2D eigenvalue weighted by molar-refractivity contribution is -0.129. The molecule has 2 aromatic rings. The SMILES string of the molecule is CC(C)Oc1ccc(NCC(=O)N2CCN(c3ccccc3)CC2)cc1. The summed E-state index contributed by atoms with van der Waals surface area (Å²) in [6.45, 7) is 7.58. The maximum Gasteiger partial charge on any atom is 0.241 e. The van der Waals surface area contributed by atoms with Gasteiger partial charge in [0.1, 0.15) is 5.75 Å². The summed E-state index contributed by atoms with van der Waals surface area (Å²) in [5.41, 5.74) is 2.15. The number of carbonyl (C=O) groups is 1. The van der Waals surface area contributed by atoms with Crippen LogP contribution in [-0.2, 0) is 4.79 Å². The minimum atomic E-state index is 0.139. The molecule has 1 fully saturated rings. The zero-order valence-corrected chi connectivity index (χ0v) is 15.5. The number of nitrogens with one attached hydrogen (secondary N) is 1. The molecule has 0 saturated carbocycles. The number of piperazine rings is 1. The molecule has 0 atom stereocenters. The van der Waals surface area contributed by atoms with Crippen molar-refractivity contribution in [3.63, 3.8) is 0 Å². The molecule has 2 aromatic carbocycles. The van der Waals surface area contributed by atoms with Gasteiger partial charge in [-0.05, 0) is 50.2 Å². The van der Waals surface area contributed by atoms with Crippen molar-refractivity contribution < 1.29 is 9.53 Å². The average Bonchev–Trinajstić information content (AvgIpc) is 2.67. The molecular weight excluding hydrogens is 326 g/mol. The Balaban J connectivity index is 1.44. The Morgan fingerprint density at radius 2 is 1.65 bits per heavy atom. The Morgan fingerprint density at radius 3 is 2.27 bits per heavy atom. The molecule has 1 amide bonds. The summed E-state index contributed by atoms with van der Waals surface area (Å²) >= 11 is 0. The van der Waals surface area contributed by atoms with Crippen molar-refractivity contribution >= 4 is 17.3 Å². The van der Waals surface area contributed by atoms with E-state index in [2.05, 4.69) is 22.3 Å². The Labute approximate surface area is 155 Å². The van der Waals surface area contributed by atoms with Gasteiger partial charge in [0.2, 0.25) is 5.91 Å². The fourth-order valence-corrected chi connectivity index (χ4v) is 3.07. The zero-order valence-electron chi connectivity index (χ0n) is 15.5. The lowest BCUT2D eigenvalue weighted by Gasteiger charge is -2.36. The van der Waals surface area contributed by atoms with Crippen molar-refractivity contribution in [1.82, 2.24) is 4.90 Å². The van der Waals surface area contributed by atoms with Gasteiger partial charge in [-0.15, -0.1) is 0 Å². The summed E-state index contributed by atoms with van der Waals surface area (Å²) in [5, 5.41) is 3.20. The van der Waals surface area contributed by atoms with Crippen molar-refractivity contribution in [2.75, 3.05) is 42.9 Å². The molecule has 0 unspecified atom stereocenters. The number of ether oxygens (including phenoxy) is 1. The van der Waals surface area contributed by atoms with E-state index in [1.54, 1.807) is 0 Å². The molecule has 138 valence electrons. The van der Waals surface area contributed by atoms with E-state index in [-0.39, 0.29) is 12.0 Å². The molecule has 0 radical (unpaired) electrons. The van der Waals surface area contributed by atoms with E-state index in [1.165, 1.54) is 5.69 Å². The van der Waals surface area contributed by atoms with Crippen LogP contribution in [0.15, 0.2) is 54.6 Å². The number of amides is 1. The number of hydrogen-bond donors (Lipinski definition) is 1. The van der Waals surface area contributed by atoms with E-state index in [1.807, 2.05) is 61.2 Å². The van der Waals surface area contributed by atoms with E-state index in [0.717, 1.165) is 37.6 Å². The van der Waals surface area contributed by atoms with Crippen LogP contribution in [0.1, 0.15) is 13.8 Å². The summed E-state index contributed by atoms with van der Waals surface area (Å²) in [5.74, 6) is 0.981. The number of rotatable bonds is 6. The van der Waals surface area contributed by atoms with Gasteiger partial charge in [0.05, 0.1) is 12.6 Å². The molecular formula is C21H27N3O2. The summed E-state index contributed by atoms with van der Waals surface area (Å²) < 4.78 is 5.63. The van der Waals surface area contributed by atoms with Crippen molar-refractivity contribution in [2.45, 2.75) is 20.0 Å². The Kier molecular flexibility index (Phi) is 6.00. The van der Waals surface area contributed by atoms with Crippen LogP contribution in [0.5, 0.6) is 5.75 Å². The van der Waals surface area contributed by atoms with Crippen molar-refractivity contribution in [1.29, 1.82) is 0 Å². The Bertz CT molecular complexity index is 693. The van der Waals surface area contributed by atoms with Gasteiger partial charge in [-0.3, -0.25) is 4.79 Å². The number of anilines is 2. The number of nitrogens with zero attached hydrogens (tertiary/aromatic N) is 2.